The van der Waals surface area contributed by atoms with Gasteiger partial charge in [-0.1, -0.05) is 17.9 Å². The van der Waals surface area contributed by atoms with Gasteiger partial charge in [0.05, 0.1) is 12.9 Å². The second-order valence-electron chi connectivity index (χ2n) is 7.31. The Morgan fingerprint density at radius 2 is 1.80 bits per heavy atom. The van der Waals surface area contributed by atoms with Crippen LogP contribution < -0.4 is 11.3 Å². The number of rotatable bonds is 6. The minimum atomic E-state index is -4.58. The number of nitrogens with two attached hydrogens (primary N) is 1. The predicted molar refractivity (Wildman–Crippen MR) is 114 cm³/mol. The van der Waals surface area contributed by atoms with Crippen LogP contribution in [0.2, 0.25) is 0 Å². The summed E-state index contributed by atoms with van der Waals surface area (Å²) in [6.45, 7) is -0.957. The van der Waals surface area contributed by atoms with Gasteiger partial charge in [0.15, 0.2) is 0 Å². The van der Waals surface area contributed by atoms with Gasteiger partial charge >= 0.3 is 6.18 Å². The first kappa shape index (κ1) is 25.4. The number of aryl methyl sites for hydroxylation is 1. The van der Waals surface area contributed by atoms with Crippen LogP contribution in [-0.4, -0.2) is 32.0 Å². The van der Waals surface area contributed by atoms with E-state index >= 15 is 0 Å². The molecule has 35 heavy (non-hydrogen) atoms. The van der Waals surface area contributed by atoms with E-state index in [1.165, 1.54) is 6.07 Å². The number of amides is 1. The lowest BCUT2D eigenvalue weighted by Crippen LogP contribution is -2.24. The summed E-state index contributed by atoms with van der Waals surface area (Å²) in [5.41, 5.74) is 4.07. The second kappa shape index (κ2) is 10.3. The van der Waals surface area contributed by atoms with Gasteiger partial charge in [-0.3, -0.25) is 19.1 Å². The molecule has 3 N–H and O–H groups in total. The monoisotopic (exact) mass is 492 g/mol. The van der Waals surface area contributed by atoms with Crippen LogP contribution in [0.25, 0.3) is 11.3 Å². The molecule has 3 aromatic rings. The number of alkyl halides is 5. The topological polar surface area (TPSA) is 111 Å². The SMILES string of the molecule is NC(=O)CCc1ccc(C#Cc2ccc(C(F)(F)F)nc2)cc1-c1ncn(CC(F)F)c(=O)c1O. The molecule has 0 radical (unpaired) electrons. The summed E-state index contributed by atoms with van der Waals surface area (Å²) >= 11 is 0. The lowest BCUT2D eigenvalue weighted by molar-refractivity contribution is -0.141. The highest BCUT2D eigenvalue weighted by Gasteiger charge is 2.31. The Bertz CT molecular complexity index is 1360. The Kier molecular flexibility index (Phi) is 7.49. The zero-order valence-electron chi connectivity index (χ0n) is 17.8. The number of hydrogen-bond donors (Lipinski definition) is 2. The molecule has 3 rings (SSSR count). The lowest BCUT2D eigenvalue weighted by atomic mass is 9.97. The molecule has 0 atom stereocenters. The van der Waals surface area contributed by atoms with Crippen molar-refractivity contribution in [3.8, 4) is 28.8 Å². The Hall–Kier alpha value is -4.27. The summed E-state index contributed by atoms with van der Waals surface area (Å²) in [7, 11) is 0. The van der Waals surface area contributed by atoms with E-state index in [1.54, 1.807) is 12.1 Å². The van der Waals surface area contributed by atoms with Crippen molar-refractivity contribution in [2.75, 3.05) is 0 Å². The number of halogens is 5. The fourth-order valence-corrected chi connectivity index (χ4v) is 3.08. The van der Waals surface area contributed by atoms with Crippen LogP contribution in [-0.2, 0) is 23.9 Å². The number of pyridine rings is 1. The molecule has 0 bridgehead atoms. The number of aromatic hydroxyl groups is 1. The molecule has 0 saturated heterocycles. The molecular formula is C23H17F5N4O3. The van der Waals surface area contributed by atoms with Crippen molar-refractivity contribution in [3.63, 3.8) is 0 Å². The average molecular weight is 492 g/mol. The Morgan fingerprint density at radius 3 is 2.40 bits per heavy atom. The third-order valence-electron chi connectivity index (χ3n) is 4.76. The first-order chi connectivity index (χ1) is 16.5. The largest absolute Gasteiger partial charge is 0.502 e. The van der Waals surface area contributed by atoms with Gasteiger partial charge in [-0.15, -0.1) is 0 Å². The third-order valence-corrected chi connectivity index (χ3v) is 4.76. The van der Waals surface area contributed by atoms with Gasteiger partial charge in [0, 0.05) is 29.3 Å². The molecule has 1 aromatic carbocycles. The van der Waals surface area contributed by atoms with Gasteiger partial charge in [-0.25, -0.2) is 13.8 Å². The number of hydrogen-bond acceptors (Lipinski definition) is 5. The molecule has 0 aliphatic rings. The van der Waals surface area contributed by atoms with Gasteiger partial charge < -0.3 is 10.8 Å². The van der Waals surface area contributed by atoms with Crippen LogP contribution in [0.15, 0.2) is 47.7 Å². The third kappa shape index (κ3) is 6.41. The predicted octanol–water partition coefficient (Wildman–Crippen LogP) is 3.11. The molecule has 0 aliphatic carbocycles. The number of primary amides is 1. The van der Waals surface area contributed by atoms with E-state index in [-0.39, 0.29) is 29.7 Å². The van der Waals surface area contributed by atoms with Crippen molar-refractivity contribution in [2.45, 2.75) is 32.0 Å². The molecule has 2 aromatic heterocycles. The summed E-state index contributed by atoms with van der Waals surface area (Å²) < 4.78 is 63.9. The maximum atomic E-state index is 12.7. The maximum absolute atomic E-state index is 12.7. The van der Waals surface area contributed by atoms with E-state index in [4.69, 9.17) is 5.73 Å². The van der Waals surface area contributed by atoms with Crippen molar-refractivity contribution in [1.29, 1.82) is 0 Å². The number of benzene rings is 1. The number of nitrogens with zero attached hydrogens (tertiary/aromatic N) is 3. The molecular weight excluding hydrogens is 475 g/mol. The van der Waals surface area contributed by atoms with Crippen LogP contribution in [0.4, 0.5) is 22.0 Å². The van der Waals surface area contributed by atoms with E-state index in [2.05, 4.69) is 21.8 Å². The van der Waals surface area contributed by atoms with E-state index in [0.29, 0.717) is 15.7 Å². The standard InChI is InChI=1S/C23H17F5N4O3/c24-18(25)11-32-12-31-20(21(34)22(32)35)16-9-13(3-5-15(16)6-8-19(29)33)1-2-14-4-7-17(30-10-14)23(26,27)28/h3-5,7,9-10,12,18,34H,6,8,11H2,(H2,29,33). The molecule has 0 unspecified atom stereocenters. The quantitative estimate of drug-likeness (QED) is 0.406. The van der Waals surface area contributed by atoms with E-state index in [0.717, 1.165) is 24.7 Å². The van der Waals surface area contributed by atoms with Crippen LogP contribution in [0.5, 0.6) is 5.75 Å². The van der Waals surface area contributed by atoms with Crippen LogP contribution >= 0.6 is 0 Å². The van der Waals surface area contributed by atoms with E-state index in [9.17, 15) is 36.6 Å². The van der Waals surface area contributed by atoms with E-state index in [1.807, 2.05) is 0 Å². The van der Waals surface area contributed by atoms with Crippen LogP contribution in [0.1, 0.15) is 28.8 Å². The fourth-order valence-electron chi connectivity index (χ4n) is 3.08. The molecule has 1 amide bonds. The van der Waals surface area contributed by atoms with Crippen molar-refractivity contribution in [3.05, 3.63) is 75.6 Å². The molecule has 0 aliphatic heterocycles. The zero-order valence-corrected chi connectivity index (χ0v) is 17.8. The summed E-state index contributed by atoms with van der Waals surface area (Å²) in [5, 5.41) is 10.4. The van der Waals surface area contributed by atoms with Crippen molar-refractivity contribution >= 4 is 5.91 Å². The van der Waals surface area contributed by atoms with Gasteiger partial charge in [0.25, 0.3) is 12.0 Å². The first-order valence-corrected chi connectivity index (χ1v) is 9.99. The summed E-state index contributed by atoms with van der Waals surface area (Å²) in [6.07, 6.45) is -5.52. The number of carbonyl (C=O) groups is 1. The van der Waals surface area contributed by atoms with Crippen molar-refractivity contribution in [1.82, 2.24) is 14.5 Å². The molecule has 2 heterocycles. The number of carbonyl (C=O) groups excluding carboxylic acids is 1. The highest BCUT2D eigenvalue weighted by atomic mass is 19.4. The zero-order chi connectivity index (χ0) is 25.8. The lowest BCUT2D eigenvalue weighted by Gasteiger charge is -2.12. The van der Waals surface area contributed by atoms with Crippen molar-refractivity contribution < 1.29 is 31.9 Å². The minimum Gasteiger partial charge on any atom is -0.502 e. The van der Waals surface area contributed by atoms with Crippen molar-refractivity contribution in [2.24, 2.45) is 5.73 Å². The second-order valence-corrected chi connectivity index (χ2v) is 7.31. The Labute approximate surface area is 195 Å². The maximum Gasteiger partial charge on any atom is 0.433 e. The minimum absolute atomic E-state index is 0.0571. The molecule has 0 saturated carbocycles. The smallest absolute Gasteiger partial charge is 0.433 e. The summed E-state index contributed by atoms with van der Waals surface area (Å²) in [5.74, 6) is 3.93. The summed E-state index contributed by atoms with van der Waals surface area (Å²) in [6, 6.07) is 6.50. The van der Waals surface area contributed by atoms with Gasteiger partial charge in [0.2, 0.25) is 11.7 Å². The normalized spacial score (nSPS) is 11.3. The summed E-state index contributed by atoms with van der Waals surface area (Å²) in [4.78, 5) is 30.8. The van der Waals surface area contributed by atoms with Gasteiger partial charge in [-0.2, -0.15) is 13.2 Å². The molecule has 182 valence electrons. The highest BCUT2D eigenvalue weighted by Crippen LogP contribution is 2.29. The van der Waals surface area contributed by atoms with E-state index < -0.39 is 42.1 Å². The average Bonchev–Trinajstić information content (AvgIpc) is 2.79. The van der Waals surface area contributed by atoms with Gasteiger partial charge in [-0.05, 0) is 36.2 Å². The van der Waals surface area contributed by atoms with Crippen LogP contribution in [0.3, 0.4) is 0 Å². The molecule has 12 heteroatoms. The molecule has 0 fully saturated rings. The highest BCUT2D eigenvalue weighted by molar-refractivity contribution is 5.76. The molecule has 7 nitrogen and oxygen atoms in total. The van der Waals surface area contributed by atoms with Crippen LogP contribution in [0, 0.1) is 11.8 Å². The number of aromatic nitrogens is 3. The Morgan fingerprint density at radius 1 is 1.11 bits per heavy atom. The fraction of sp³-hybridized carbons (Fsp3) is 0.217. The molecule has 0 spiro atoms. The Balaban J connectivity index is 2.03. The first-order valence-electron chi connectivity index (χ1n) is 9.99. The van der Waals surface area contributed by atoms with Gasteiger partial charge in [0.1, 0.15) is 11.4 Å².